The number of amides is 1. The number of aromatic nitrogens is 7. The fraction of sp³-hybridized carbons (Fsp3) is 0.378. The number of β-amino-alcohol motifs (C(OH)–C–C–N with tert-alkyl or cyclic N) is 1. The number of hydrogen-bond donors (Lipinski definition) is 1. The SMILES string of the molecule is CCc1nc2nn(C)cc2cc1-c1nc(-c2cccc3nn(CCc4ccc(C(=O)N5CCCC(O)C5)cc4)cc23)c(C2CC2)n1C. The summed E-state index contributed by atoms with van der Waals surface area (Å²) in [4.78, 5) is 25.0. The number of carbonyl (C=O) groups excluding carboxylic acids is 1. The summed E-state index contributed by atoms with van der Waals surface area (Å²) in [6.45, 7) is 3.97. The standard InChI is InChI=1S/C37H40N8O2/c1-4-31-29(19-26-20-42(2)41-35(26)38-31)36-39-33(34(43(36)3)24-14-15-24)28-8-5-9-32-30(28)22-45(40-32)18-16-23-10-12-25(13-11-23)37(47)44-17-6-7-27(46)21-44/h5,8-13,19-20,22,24,27,46H,4,6-7,14-18,21H2,1-3H3. The highest BCUT2D eigenvalue weighted by Crippen LogP contribution is 2.47. The van der Waals surface area contributed by atoms with Gasteiger partial charge in [0.2, 0.25) is 0 Å². The third kappa shape index (κ3) is 5.50. The second kappa shape index (κ2) is 11.8. The molecule has 8 rings (SSSR count). The molecule has 10 nitrogen and oxygen atoms in total. The Morgan fingerprint density at radius 1 is 0.979 bits per heavy atom. The molecule has 1 saturated heterocycles. The van der Waals surface area contributed by atoms with Gasteiger partial charge in [0.15, 0.2) is 5.65 Å². The summed E-state index contributed by atoms with van der Waals surface area (Å²) in [6.07, 6.45) is 9.28. The number of likely N-dealkylation sites (tertiary alicyclic amines) is 1. The van der Waals surface area contributed by atoms with Crippen LogP contribution < -0.4 is 0 Å². The second-order valence-corrected chi connectivity index (χ2v) is 13.2. The van der Waals surface area contributed by atoms with Crippen molar-refractivity contribution in [3.63, 3.8) is 0 Å². The normalized spacial score (nSPS) is 16.9. The molecule has 1 aliphatic heterocycles. The van der Waals surface area contributed by atoms with Gasteiger partial charge in [0.1, 0.15) is 5.82 Å². The Bertz CT molecular complexity index is 2120. The van der Waals surface area contributed by atoms with Crippen molar-refractivity contribution >= 4 is 27.8 Å². The van der Waals surface area contributed by atoms with Crippen LogP contribution in [0.25, 0.3) is 44.6 Å². The number of rotatable bonds is 8. The number of pyridine rings is 1. The van der Waals surface area contributed by atoms with Gasteiger partial charge in [-0.3, -0.25) is 14.2 Å². The van der Waals surface area contributed by atoms with E-state index in [1.54, 1.807) is 4.90 Å². The molecule has 0 spiro atoms. The van der Waals surface area contributed by atoms with E-state index >= 15 is 0 Å². The number of hydrogen-bond acceptors (Lipinski definition) is 6. The first-order valence-corrected chi connectivity index (χ1v) is 16.8. The molecular formula is C37H40N8O2. The third-order valence-corrected chi connectivity index (χ3v) is 9.73. The molecule has 10 heteroatoms. The van der Waals surface area contributed by atoms with Gasteiger partial charge in [-0.2, -0.15) is 10.2 Å². The van der Waals surface area contributed by atoms with E-state index in [1.807, 2.05) is 46.9 Å². The molecular weight excluding hydrogens is 588 g/mol. The van der Waals surface area contributed by atoms with Gasteiger partial charge in [-0.05, 0) is 68.4 Å². The Labute approximate surface area is 273 Å². The van der Waals surface area contributed by atoms with Crippen LogP contribution in [0.1, 0.15) is 65.8 Å². The summed E-state index contributed by atoms with van der Waals surface area (Å²) in [6, 6.07) is 16.4. The first kappa shape index (κ1) is 29.6. The van der Waals surface area contributed by atoms with Crippen LogP contribution in [0.3, 0.4) is 0 Å². The number of aryl methyl sites for hydroxylation is 4. The van der Waals surface area contributed by atoms with E-state index in [9.17, 15) is 9.90 Å². The summed E-state index contributed by atoms with van der Waals surface area (Å²) < 4.78 is 6.13. The highest BCUT2D eigenvalue weighted by molar-refractivity contribution is 5.95. The van der Waals surface area contributed by atoms with Crippen molar-refractivity contribution in [1.82, 2.24) is 39.0 Å². The fourth-order valence-corrected chi connectivity index (χ4v) is 7.14. The Hall–Kier alpha value is -4.83. The molecule has 4 aromatic heterocycles. The van der Waals surface area contributed by atoms with Crippen LogP contribution in [0.2, 0.25) is 0 Å². The van der Waals surface area contributed by atoms with Gasteiger partial charge in [0.25, 0.3) is 5.91 Å². The molecule has 5 heterocycles. The lowest BCUT2D eigenvalue weighted by atomic mass is 10.0. The van der Waals surface area contributed by atoms with E-state index in [-0.39, 0.29) is 5.91 Å². The monoisotopic (exact) mass is 628 g/mol. The van der Waals surface area contributed by atoms with Gasteiger partial charge in [-0.25, -0.2) is 9.97 Å². The van der Waals surface area contributed by atoms with Gasteiger partial charge in [-0.15, -0.1) is 0 Å². The maximum atomic E-state index is 12.9. The van der Waals surface area contributed by atoms with Crippen molar-refractivity contribution in [2.45, 2.75) is 64.0 Å². The van der Waals surface area contributed by atoms with Crippen LogP contribution in [0.5, 0.6) is 0 Å². The lowest BCUT2D eigenvalue weighted by Gasteiger charge is -2.30. The van der Waals surface area contributed by atoms with Crippen LogP contribution >= 0.6 is 0 Å². The molecule has 1 aliphatic carbocycles. The molecule has 1 amide bonds. The Morgan fingerprint density at radius 2 is 1.81 bits per heavy atom. The van der Waals surface area contributed by atoms with E-state index in [0.29, 0.717) is 24.6 Å². The Balaban J connectivity index is 1.08. The summed E-state index contributed by atoms with van der Waals surface area (Å²) >= 11 is 0. The number of carbonyl (C=O) groups is 1. The molecule has 2 aliphatic rings. The van der Waals surface area contributed by atoms with Crippen LogP contribution in [0, 0.1) is 0 Å². The van der Waals surface area contributed by atoms with Gasteiger partial charge < -0.3 is 14.6 Å². The number of imidazole rings is 1. The minimum Gasteiger partial charge on any atom is -0.391 e. The van der Waals surface area contributed by atoms with Crippen LogP contribution in [0.4, 0.5) is 0 Å². The largest absolute Gasteiger partial charge is 0.391 e. The predicted octanol–water partition coefficient (Wildman–Crippen LogP) is 5.66. The predicted molar refractivity (Wildman–Crippen MR) is 182 cm³/mol. The molecule has 47 heavy (non-hydrogen) atoms. The smallest absolute Gasteiger partial charge is 0.253 e. The molecule has 240 valence electrons. The van der Waals surface area contributed by atoms with E-state index in [0.717, 1.165) is 88.1 Å². The minimum absolute atomic E-state index is 0.00999. The molecule has 0 bridgehead atoms. The quantitative estimate of drug-likeness (QED) is 0.233. The van der Waals surface area contributed by atoms with Crippen molar-refractivity contribution in [2.75, 3.05) is 13.1 Å². The zero-order chi connectivity index (χ0) is 32.2. The molecule has 1 unspecified atom stereocenters. The van der Waals surface area contributed by atoms with Gasteiger partial charge in [0, 0.05) is 85.2 Å². The van der Waals surface area contributed by atoms with Crippen molar-refractivity contribution in [3.8, 4) is 22.6 Å². The van der Waals surface area contributed by atoms with E-state index < -0.39 is 6.10 Å². The molecule has 1 saturated carbocycles. The summed E-state index contributed by atoms with van der Waals surface area (Å²) in [5.74, 6) is 1.43. The average molecular weight is 629 g/mol. The molecule has 1 atom stereocenters. The summed E-state index contributed by atoms with van der Waals surface area (Å²) in [5, 5.41) is 21.6. The van der Waals surface area contributed by atoms with E-state index in [1.165, 1.54) is 18.5 Å². The van der Waals surface area contributed by atoms with Crippen LogP contribution in [-0.4, -0.2) is 69.2 Å². The molecule has 2 aromatic carbocycles. The first-order valence-electron chi connectivity index (χ1n) is 16.8. The lowest BCUT2D eigenvalue weighted by molar-refractivity contribution is 0.0474. The Kier molecular flexibility index (Phi) is 7.40. The number of benzene rings is 2. The topological polar surface area (TPSA) is 107 Å². The van der Waals surface area contributed by atoms with Crippen molar-refractivity contribution in [3.05, 3.63) is 83.4 Å². The van der Waals surface area contributed by atoms with Crippen molar-refractivity contribution in [1.29, 1.82) is 0 Å². The number of piperidine rings is 1. The molecule has 0 radical (unpaired) electrons. The first-order chi connectivity index (χ1) is 22.9. The maximum absolute atomic E-state index is 12.9. The molecule has 2 fully saturated rings. The fourth-order valence-electron chi connectivity index (χ4n) is 7.14. The maximum Gasteiger partial charge on any atom is 0.253 e. The highest BCUT2D eigenvalue weighted by atomic mass is 16.3. The Morgan fingerprint density at radius 3 is 2.57 bits per heavy atom. The van der Waals surface area contributed by atoms with E-state index in [2.05, 4.69) is 54.1 Å². The second-order valence-electron chi connectivity index (χ2n) is 13.2. The minimum atomic E-state index is -0.425. The summed E-state index contributed by atoms with van der Waals surface area (Å²) in [7, 11) is 4.07. The zero-order valence-corrected chi connectivity index (χ0v) is 27.2. The third-order valence-electron chi connectivity index (χ3n) is 9.73. The van der Waals surface area contributed by atoms with Crippen molar-refractivity contribution in [2.24, 2.45) is 14.1 Å². The number of fused-ring (bicyclic) bond motifs is 2. The van der Waals surface area contributed by atoms with Gasteiger partial charge >= 0.3 is 0 Å². The number of aliphatic hydroxyl groups is 1. The zero-order valence-electron chi connectivity index (χ0n) is 27.2. The lowest BCUT2D eigenvalue weighted by Crippen LogP contribution is -2.42. The number of aliphatic hydroxyl groups excluding tert-OH is 1. The molecule has 6 aromatic rings. The van der Waals surface area contributed by atoms with Crippen molar-refractivity contribution < 1.29 is 9.90 Å². The van der Waals surface area contributed by atoms with Gasteiger partial charge in [-0.1, -0.05) is 31.2 Å². The van der Waals surface area contributed by atoms with E-state index in [4.69, 9.17) is 15.1 Å². The highest BCUT2D eigenvalue weighted by Gasteiger charge is 2.33. The number of nitrogens with zero attached hydrogens (tertiary/aromatic N) is 8. The van der Waals surface area contributed by atoms with Crippen LogP contribution in [-0.2, 0) is 33.5 Å². The van der Waals surface area contributed by atoms with Crippen LogP contribution in [0.15, 0.2) is 60.9 Å². The van der Waals surface area contributed by atoms with Gasteiger partial charge in [0.05, 0.1) is 23.0 Å². The summed E-state index contributed by atoms with van der Waals surface area (Å²) in [5.41, 5.74) is 9.03. The average Bonchev–Trinajstić information content (AvgIpc) is 3.57. The molecule has 1 N–H and O–H groups in total.